The van der Waals surface area contributed by atoms with Crippen molar-refractivity contribution in [2.45, 2.75) is 350 Å². The second kappa shape index (κ2) is 28.9. The van der Waals surface area contributed by atoms with Gasteiger partial charge >= 0.3 is 5.97 Å². The topological polar surface area (TPSA) is 72.5 Å². The van der Waals surface area contributed by atoms with Gasteiger partial charge in [-0.2, -0.15) is 0 Å². The average molecular weight is 1080 g/mol. The van der Waals surface area contributed by atoms with Gasteiger partial charge in [0.2, 0.25) is 0 Å². The smallest absolute Gasteiger partial charge is 0.323 e. The standard InChI is InChI=1S/C61H114O7SSi3/c1-18-19-20-21-22-23-24-25-28-34-41-56(68-72(16,17)60(9,10)11)54-45-44-53(65-54)51-42-36-43-52(64-51)55(67-71(14,15)59(6,7)8)40-35-29-26-27-31-37-49(66-70(12,13)58(3,4)5)47-61(46-48(2)63-57(61)62)69-50-38-32-30-33-39-50/h30,32-33,38-39,48-49,51-56H,18-29,31,34-37,40-47H2,1-17H3/t48-,49+,51+,52-,53+,54+,55-,56+,61?/m0/s1. The SMILES string of the molecule is CCCCCCCCCCCC[C@@H](O[Si](C)(C)C(C)(C)C)[C@H]1CC[C@H]([C@H]2CCC[C@@H]([C@H](CCCCCCC[C@H](CC3(Sc4ccccc4)C[C@H](C)OC3=O)O[Si](C)(C)C(C)(C)C)O[Si](C)(C)C(C)(C)C)O2)O1. The number of carbonyl (C=O) groups excluding carboxylic acids is 1. The van der Waals surface area contributed by atoms with Gasteiger partial charge in [-0.05, 0) is 131 Å². The summed E-state index contributed by atoms with van der Waals surface area (Å²) in [6, 6.07) is 10.4. The van der Waals surface area contributed by atoms with E-state index in [4.69, 9.17) is 27.5 Å². The number of cyclic esters (lactones) is 1. The zero-order valence-corrected chi connectivity index (χ0v) is 53.8. The van der Waals surface area contributed by atoms with Crippen molar-refractivity contribution in [1.29, 1.82) is 0 Å². The van der Waals surface area contributed by atoms with Crippen molar-refractivity contribution in [3.05, 3.63) is 30.3 Å². The van der Waals surface area contributed by atoms with Gasteiger partial charge < -0.3 is 27.5 Å². The van der Waals surface area contributed by atoms with E-state index in [0.717, 1.165) is 69.1 Å². The molecule has 3 saturated heterocycles. The highest BCUT2D eigenvalue weighted by atomic mass is 32.2. The summed E-state index contributed by atoms with van der Waals surface area (Å²) in [5.41, 5.74) is 0. The lowest BCUT2D eigenvalue weighted by molar-refractivity contribution is -0.156. The van der Waals surface area contributed by atoms with E-state index in [1.165, 1.54) is 83.5 Å². The Labute approximate surface area is 452 Å². The molecule has 0 spiro atoms. The summed E-state index contributed by atoms with van der Waals surface area (Å²) in [7, 11) is -6.12. The first kappa shape index (κ1) is 64.0. The number of esters is 1. The molecule has 4 rings (SSSR count). The molecule has 72 heavy (non-hydrogen) atoms. The zero-order chi connectivity index (χ0) is 53.4. The molecule has 3 heterocycles. The zero-order valence-electron chi connectivity index (χ0n) is 49.9. The average Bonchev–Trinajstić information content (AvgIpc) is 3.88. The lowest BCUT2D eigenvalue weighted by Gasteiger charge is -2.44. The van der Waals surface area contributed by atoms with Crippen molar-refractivity contribution >= 4 is 42.7 Å². The number of ether oxygens (including phenoxy) is 3. The first-order chi connectivity index (χ1) is 33.6. The summed E-state index contributed by atoms with van der Waals surface area (Å²) in [6.45, 7) is 39.9. The van der Waals surface area contributed by atoms with Crippen LogP contribution in [0.3, 0.4) is 0 Å². The molecule has 0 bridgehead atoms. The number of hydrogen-bond donors (Lipinski definition) is 0. The van der Waals surface area contributed by atoms with E-state index in [0.29, 0.717) is 12.8 Å². The van der Waals surface area contributed by atoms with E-state index in [1.54, 1.807) is 11.8 Å². The monoisotopic (exact) mass is 1070 g/mol. The molecule has 0 saturated carbocycles. The van der Waals surface area contributed by atoms with Gasteiger partial charge in [-0.25, -0.2) is 0 Å². The number of benzene rings is 1. The van der Waals surface area contributed by atoms with Gasteiger partial charge in [-0.3, -0.25) is 4.79 Å². The molecule has 1 aromatic carbocycles. The highest BCUT2D eigenvalue weighted by molar-refractivity contribution is 8.01. The van der Waals surface area contributed by atoms with Crippen molar-refractivity contribution in [3.63, 3.8) is 0 Å². The molecule has 0 radical (unpaired) electrons. The quantitative estimate of drug-likeness (QED) is 0.0401. The molecule has 9 atom stereocenters. The predicted molar refractivity (Wildman–Crippen MR) is 315 cm³/mol. The largest absolute Gasteiger partial charge is 0.462 e. The van der Waals surface area contributed by atoms with Crippen LogP contribution >= 0.6 is 11.8 Å². The summed E-state index contributed by atoms with van der Waals surface area (Å²) in [4.78, 5) is 14.8. The number of carbonyl (C=O) groups is 1. The predicted octanol–water partition coefficient (Wildman–Crippen LogP) is 18.9. The maximum Gasteiger partial charge on any atom is 0.323 e. The molecule has 0 N–H and O–H groups in total. The van der Waals surface area contributed by atoms with Gasteiger partial charge in [0.05, 0.1) is 36.6 Å². The second-order valence-electron chi connectivity index (χ2n) is 27.6. The summed E-state index contributed by atoms with van der Waals surface area (Å²) >= 11 is 1.69. The van der Waals surface area contributed by atoms with Crippen LogP contribution in [0.5, 0.6) is 0 Å². The summed E-state index contributed by atoms with van der Waals surface area (Å²) in [6.07, 6.45) is 29.9. The Balaban J connectivity index is 1.36. The van der Waals surface area contributed by atoms with Crippen molar-refractivity contribution in [3.8, 4) is 0 Å². The molecular formula is C61H114O7SSi3. The third-order valence-electron chi connectivity index (χ3n) is 18.2. The maximum absolute atomic E-state index is 13.7. The minimum absolute atomic E-state index is 0.0120. The molecule has 1 unspecified atom stereocenters. The first-order valence-corrected chi connectivity index (χ1v) is 39.4. The van der Waals surface area contributed by atoms with Gasteiger partial charge in [-0.15, -0.1) is 11.8 Å². The van der Waals surface area contributed by atoms with Crippen LogP contribution in [-0.4, -0.2) is 84.5 Å². The highest BCUT2D eigenvalue weighted by Crippen LogP contribution is 2.49. The lowest BCUT2D eigenvalue weighted by Crippen LogP contribution is -2.50. The van der Waals surface area contributed by atoms with Crippen LogP contribution in [0, 0.1) is 0 Å². The Hall–Kier alpha value is -0.509. The molecule has 0 aliphatic carbocycles. The number of unbranched alkanes of at least 4 members (excludes halogenated alkanes) is 13. The van der Waals surface area contributed by atoms with Crippen molar-refractivity contribution in [2.24, 2.45) is 0 Å². The third-order valence-corrected chi connectivity index (χ3v) is 33.1. The number of rotatable bonds is 32. The van der Waals surface area contributed by atoms with Crippen LogP contribution in [-0.2, 0) is 32.3 Å². The second-order valence-corrected chi connectivity index (χ2v) is 43.3. The van der Waals surface area contributed by atoms with Gasteiger partial charge in [0, 0.05) is 17.4 Å². The molecule has 1 aromatic rings. The number of hydrogen-bond acceptors (Lipinski definition) is 8. The van der Waals surface area contributed by atoms with Gasteiger partial charge in [0.15, 0.2) is 25.0 Å². The molecule has 3 fully saturated rings. The van der Waals surface area contributed by atoms with Crippen LogP contribution < -0.4 is 0 Å². The Morgan fingerprint density at radius 2 is 1.01 bits per heavy atom. The molecule has 7 nitrogen and oxygen atoms in total. The van der Waals surface area contributed by atoms with Gasteiger partial charge in [0.25, 0.3) is 0 Å². The Kier molecular flexibility index (Phi) is 25.7. The summed E-state index contributed by atoms with van der Waals surface area (Å²) in [5.74, 6) is -0.0782. The molecular weight excluding hydrogens is 961 g/mol. The molecule has 0 amide bonds. The minimum Gasteiger partial charge on any atom is -0.462 e. The Morgan fingerprint density at radius 3 is 1.47 bits per heavy atom. The lowest BCUT2D eigenvalue weighted by atomic mass is 9.93. The Bertz CT molecular complexity index is 1690. The maximum atomic E-state index is 13.7. The molecule has 3 aliphatic heterocycles. The van der Waals surface area contributed by atoms with Crippen LogP contribution in [0.25, 0.3) is 0 Å². The molecule has 0 aromatic heterocycles. The van der Waals surface area contributed by atoms with Crippen LogP contribution in [0.15, 0.2) is 35.2 Å². The third kappa shape index (κ3) is 20.1. The molecule has 3 aliphatic rings. The van der Waals surface area contributed by atoms with Crippen LogP contribution in [0.1, 0.15) is 237 Å². The van der Waals surface area contributed by atoms with E-state index < -0.39 is 29.7 Å². The highest BCUT2D eigenvalue weighted by Gasteiger charge is 2.52. The van der Waals surface area contributed by atoms with Gasteiger partial charge in [0.1, 0.15) is 10.9 Å². The van der Waals surface area contributed by atoms with E-state index >= 15 is 0 Å². The van der Waals surface area contributed by atoms with Crippen LogP contribution in [0.4, 0.5) is 0 Å². The van der Waals surface area contributed by atoms with E-state index in [1.807, 2.05) is 13.0 Å². The summed E-state index contributed by atoms with van der Waals surface area (Å²) in [5, 5.41) is 0.380. The van der Waals surface area contributed by atoms with Crippen molar-refractivity contribution in [2.75, 3.05) is 0 Å². The normalized spacial score (nSPS) is 25.2. The number of thioether (sulfide) groups is 1. The fraction of sp³-hybridized carbons (Fsp3) is 0.885. The Morgan fingerprint density at radius 1 is 0.583 bits per heavy atom. The first-order valence-electron chi connectivity index (χ1n) is 29.9. The van der Waals surface area contributed by atoms with Crippen LogP contribution in [0.2, 0.25) is 54.4 Å². The minimum atomic E-state index is -2.10. The fourth-order valence-electron chi connectivity index (χ4n) is 10.5. The van der Waals surface area contributed by atoms with Gasteiger partial charge in [-0.1, -0.05) is 184 Å². The molecule has 418 valence electrons. The van der Waals surface area contributed by atoms with E-state index in [-0.39, 0.29) is 69.9 Å². The molecule has 11 heteroatoms. The van der Waals surface area contributed by atoms with E-state index in [9.17, 15) is 4.79 Å². The summed E-state index contributed by atoms with van der Waals surface area (Å²) < 4.78 is 41.5. The van der Waals surface area contributed by atoms with Crippen molar-refractivity contribution in [1.82, 2.24) is 0 Å². The van der Waals surface area contributed by atoms with Crippen molar-refractivity contribution < 1.29 is 32.3 Å². The van der Waals surface area contributed by atoms with E-state index in [2.05, 4.69) is 133 Å². The fourth-order valence-corrected chi connectivity index (χ4v) is 16.2.